The van der Waals surface area contributed by atoms with Crippen LogP contribution < -0.4 is 10.2 Å². The van der Waals surface area contributed by atoms with Crippen LogP contribution in [0.2, 0.25) is 0 Å². The van der Waals surface area contributed by atoms with Crippen molar-refractivity contribution in [3.05, 3.63) is 71.1 Å². The van der Waals surface area contributed by atoms with Gasteiger partial charge >= 0.3 is 12.3 Å². The van der Waals surface area contributed by atoms with Gasteiger partial charge in [-0.15, -0.1) is 13.2 Å². The lowest BCUT2D eigenvalue weighted by atomic mass is 10.0. The molecule has 0 aromatic heterocycles. The zero-order chi connectivity index (χ0) is 25.8. The van der Waals surface area contributed by atoms with E-state index in [0.29, 0.717) is 12.2 Å². The van der Waals surface area contributed by atoms with E-state index in [4.69, 9.17) is 4.84 Å². The number of nitrogens with one attached hydrogen (secondary N) is 1. The van der Waals surface area contributed by atoms with Gasteiger partial charge in [-0.2, -0.15) is 4.39 Å². The fourth-order valence-corrected chi connectivity index (χ4v) is 3.48. The van der Waals surface area contributed by atoms with Crippen LogP contribution in [0.15, 0.2) is 42.5 Å². The Labute approximate surface area is 196 Å². The molecule has 1 saturated heterocycles. The maximum atomic E-state index is 14.3. The second kappa shape index (κ2) is 10.8. The Hall–Kier alpha value is -3.54. The predicted octanol–water partition coefficient (Wildman–Crippen LogP) is 5.30. The third kappa shape index (κ3) is 6.75. The summed E-state index contributed by atoms with van der Waals surface area (Å²) in [6.45, 7) is 5.72. The summed E-state index contributed by atoms with van der Waals surface area (Å²) in [4.78, 5) is 31.6. The van der Waals surface area contributed by atoms with Crippen molar-refractivity contribution in [2.75, 3.05) is 18.6 Å². The van der Waals surface area contributed by atoms with Gasteiger partial charge in [0.15, 0.2) is 11.6 Å². The Morgan fingerprint density at radius 3 is 2.37 bits per heavy atom. The van der Waals surface area contributed by atoms with E-state index in [2.05, 4.69) is 21.7 Å². The first kappa shape index (κ1) is 26.1. The molecule has 0 atom stereocenters. The maximum absolute atomic E-state index is 14.3. The Bertz CT molecular complexity index is 1130. The molecular weight excluding hydrogens is 482 g/mol. The molecule has 6 nitrogen and oxygen atoms in total. The number of ether oxygens (including phenoxy) is 1. The lowest BCUT2D eigenvalue weighted by molar-refractivity contribution is -0.276. The van der Waals surface area contributed by atoms with E-state index in [9.17, 15) is 35.9 Å². The molecule has 0 bridgehead atoms. The molecule has 3 rings (SSSR count). The molecule has 0 amide bonds. The molecule has 188 valence electrons. The molecule has 0 radical (unpaired) electrons. The number of hydrogen-bond donors (Lipinski definition) is 1. The van der Waals surface area contributed by atoms with Crippen LogP contribution in [0.5, 0.6) is 5.75 Å². The van der Waals surface area contributed by atoms with E-state index >= 15 is 0 Å². The van der Waals surface area contributed by atoms with Crippen LogP contribution in [0.1, 0.15) is 35.2 Å². The Balaban J connectivity index is 1.68. The average molecular weight is 502 g/mol. The molecule has 0 spiro atoms. The minimum Gasteiger partial charge on any atom is -0.399 e. The largest absolute Gasteiger partial charge is 0.573 e. The van der Waals surface area contributed by atoms with Crippen molar-refractivity contribution in [1.82, 2.24) is 4.90 Å². The summed E-state index contributed by atoms with van der Waals surface area (Å²) in [5, 5.41) is 0. The Kier molecular flexibility index (Phi) is 8.05. The Morgan fingerprint density at radius 1 is 1.03 bits per heavy atom. The normalized spacial score (nSPS) is 14.3. The number of piperidine rings is 1. The standard InChI is InChI=1S/C23H20F6N2O4/c1-13(20(32)16-11-17(24)19(26)21(18(16)25)34-23(27,28)29)22(33)35-30-15-7-5-6-14(10-15)12-31-8-3-2-4-9-31/h5-7,10-11,30H,1-4,8-9,12H2. The van der Waals surface area contributed by atoms with Crippen LogP contribution in [0.4, 0.5) is 32.0 Å². The molecule has 1 fully saturated rings. The zero-order valence-corrected chi connectivity index (χ0v) is 18.2. The topological polar surface area (TPSA) is 67.9 Å². The van der Waals surface area contributed by atoms with Crippen molar-refractivity contribution in [2.45, 2.75) is 32.2 Å². The number of rotatable bonds is 8. The van der Waals surface area contributed by atoms with Gasteiger partial charge < -0.3 is 9.57 Å². The van der Waals surface area contributed by atoms with Gasteiger partial charge in [0.1, 0.15) is 5.57 Å². The van der Waals surface area contributed by atoms with Crippen LogP contribution in [0.25, 0.3) is 0 Å². The molecule has 0 saturated carbocycles. The zero-order valence-electron chi connectivity index (χ0n) is 18.2. The van der Waals surface area contributed by atoms with Gasteiger partial charge in [-0.1, -0.05) is 25.1 Å². The van der Waals surface area contributed by atoms with Gasteiger partial charge in [0.25, 0.3) is 0 Å². The van der Waals surface area contributed by atoms with Crippen molar-refractivity contribution >= 4 is 17.4 Å². The van der Waals surface area contributed by atoms with Crippen LogP contribution >= 0.6 is 0 Å². The van der Waals surface area contributed by atoms with Crippen LogP contribution in [0.3, 0.4) is 0 Å². The lowest BCUT2D eigenvalue weighted by Crippen LogP contribution is -2.29. The molecule has 2 aromatic rings. The van der Waals surface area contributed by atoms with E-state index in [-0.39, 0.29) is 6.07 Å². The number of carbonyl (C=O) groups excluding carboxylic acids is 2. The molecular formula is C23H20F6N2O4. The maximum Gasteiger partial charge on any atom is 0.573 e. The van der Waals surface area contributed by atoms with Crippen LogP contribution in [0, 0.1) is 17.5 Å². The van der Waals surface area contributed by atoms with E-state index in [1.807, 2.05) is 6.07 Å². The number of halogens is 6. The highest BCUT2D eigenvalue weighted by atomic mass is 19.4. The lowest BCUT2D eigenvalue weighted by Gasteiger charge is -2.26. The quantitative estimate of drug-likeness (QED) is 0.101. The minimum absolute atomic E-state index is 0.00775. The van der Waals surface area contributed by atoms with Crippen molar-refractivity contribution in [1.29, 1.82) is 0 Å². The van der Waals surface area contributed by atoms with Crippen LogP contribution in [-0.4, -0.2) is 36.1 Å². The van der Waals surface area contributed by atoms with E-state index in [0.717, 1.165) is 31.5 Å². The number of ketones is 1. The van der Waals surface area contributed by atoms with Gasteiger partial charge in [-0.3, -0.25) is 9.69 Å². The molecule has 1 heterocycles. The van der Waals surface area contributed by atoms with Crippen LogP contribution in [-0.2, 0) is 16.2 Å². The number of anilines is 1. The summed E-state index contributed by atoms with van der Waals surface area (Å²) in [5.74, 6) is -11.7. The van der Waals surface area contributed by atoms with Crippen molar-refractivity contribution in [3.8, 4) is 5.75 Å². The summed E-state index contributed by atoms with van der Waals surface area (Å²) in [5.41, 5.74) is 1.12. The number of nitrogens with zero attached hydrogens (tertiary/aromatic N) is 1. The molecule has 0 unspecified atom stereocenters. The molecule has 1 aliphatic heterocycles. The van der Waals surface area contributed by atoms with Crippen molar-refractivity contribution in [3.63, 3.8) is 0 Å². The molecule has 0 aliphatic carbocycles. The Morgan fingerprint density at radius 2 is 1.71 bits per heavy atom. The highest BCUT2D eigenvalue weighted by Crippen LogP contribution is 2.33. The highest BCUT2D eigenvalue weighted by molar-refractivity contribution is 6.24. The minimum atomic E-state index is -5.57. The second-order valence-electron chi connectivity index (χ2n) is 7.75. The first-order valence-corrected chi connectivity index (χ1v) is 10.4. The van der Waals surface area contributed by atoms with Crippen molar-refractivity contribution < 1.29 is 45.5 Å². The molecule has 1 aliphatic rings. The van der Waals surface area contributed by atoms with Gasteiger partial charge in [-0.25, -0.2) is 19.1 Å². The number of alkyl halides is 3. The number of carbonyl (C=O) groups is 2. The molecule has 2 aromatic carbocycles. The number of benzene rings is 2. The fourth-order valence-electron chi connectivity index (χ4n) is 3.48. The van der Waals surface area contributed by atoms with Gasteiger partial charge in [0.05, 0.1) is 11.3 Å². The van der Waals surface area contributed by atoms with E-state index < -0.39 is 52.5 Å². The summed E-state index contributed by atoms with van der Waals surface area (Å²) in [6, 6.07) is 6.83. The van der Waals surface area contributed by atoms with Gasteiger partial charge in [0, 0.05) is 6.54 Å². The highest BCUT2D eigenvalue weighted by Gasteiger charge is 2.37. The third-order valence-corrected chi connectivity index (χ3v) is 5.14. The van der Waals surface area contributed by atoms with Gasteiger partial charge in [0.2, 0.25) is 17.3 Å². The van der Waals surface area contributed by atoms with Crippen molar-refractivity contribution in [2.24, 2.45) is 0 Å². The summed E-state index contributed by atoms with van der Waals surface area (Å²) in [6.07, 6.45) is -2.18. The molecule has 1 N–H and O–H groups in total. The van der Waals surface area contributed by atoms with E-state index in [1.54, 1.807) is 18.2 Å². The predicted molar refractivity (Wildman–Crippen MR) is 112 cm³/mol. The summed E-state index contributed by atoms with van der Waals surface area (Å²) < 4.78 is 82.0. The summed E-state index contributed by atoms with van der Waals surface area (Å²) in [7, 11) is 0. The SMILES string of the molecule is C=C(C(=O)ONc1cccc(CN2CCCCC2)c1)C(=O)c1cc(F)c(F)c(OC(F)(F)F)c1F. The average Bonchev–Trinajstić information content (AvgIpc) is 2.82. The first-order chi connectivity index (χ1) is 16.5. The monoisotopic (exact) mass is 502 g/mol. The number of likely N-dealkylation sites (tertiary alicyclic amines) is 1. The third-order valence-electron chi connectivity index (χ3n) is 5.14. The number of hydrogen-bond acceptors (Lipinski definition) is 6. The van der Waals surface area contributed by atoms with Gasteiger partial charge in [-0.05, 0) is 49.7 Å². The molecule has 35 heavy (non-hydrogen) atoms. The molecule has 12 heteroatoms. The summed E-state index contributed by atoms with van der Waals surface area (Å²) >= 11 is 0. The second-order valence-corrected chi connectivity index (χ2v) is 7.75. The number of Topliss-reactive ketones (excluding diaryl/α,β-unsaturated/α-hetero) is 1. The first-order valence-electron chi connectivity index (χ1n) is 10.4. The smallest absolute Gasteiger partial charge is 0.399 e. The van der Waals surface area contributed by atoms with E-state index in [1.165, 1.54) is 6.42 Å². The fraction of sp³-hybridized carbons (Fsp3) is 0.304.